The minimum absolute atomic E-state index is 0.0400. The van der Waals surface area contributed by atoms with Gasteiger partial charge in [0.25, 0.3) is 0 Å². The van der Waals surface area contributed by atoms with E-state index in [2.05, 4.69) is 4.98 Å². The molecule has 0 radical (unpaired) electrons. The van der Waals surface area contributed by atoms with Gasteiger partial charge >= 0.3 is 0 Å². The van der Waals surface area contributed by atoms with Crippen LogP contribution in [0.25, 0.3) is 0 Å². The molecule has 13 heavy (non-hydrogen) atoms. The van der Waals surface area contributed by atoms with Crippen LogP contribution in [-0.4, -0.2) is 23.7 Å². The second-order valence-corrected chi connectivity index (χ2v) is 2.90. The number of amides is 1. The van der Waals surface area contributed by atoms with Crippen LogP contribution in [0.5, 0.6) is 0 Å². The highest BCUT2D eigenvalue weighted by Crippen LogP contribution is 2.10. The van der Waals surface area contributed by atoms with Crippen molar-refractivity contribution in [1.29, 1.82) is 0 Å². The van der Waals surface area contributed by atoms with Crippen molar-refractivity contribution in [3.8, 4) is 0 Å². The molecule has 4 nitrogen and oxygen atoms in total. The Labute approximate surface area is 76.5 Å². The van der Waals surface area contributed by atoms with Crippen LogP contribution in [0.1, 0.15) is 13.3 Å². The molecule has 1 aromatic heterocycles. The highest BCUT2D eigenvalue weighted by atomic mass is 16.2. The Morgan fingerprint density at radius 2 is 2.23 bits per heavy atom. The molecule has 70 valence electrons. The van der Waals surface area contributed by atoms with Gasteiger partial charge in [-0.05, 0) is 13.0 Å². The lowest BCUT2D eigenvalue weighted by atomic mass is 10.3. The number of nitrogens with zero attached hydrogens (tertiary/aromatic N) is 1. The van der Waals surface area contributed by atoms with Crippen LogP contribution in [0.3, 0.4) is 0 Å². The van der Waals surface area contributed by atoms with Gasteiger partial charge in [0.2, 0.25) is 5.91 Å². The predicted octanol–water partition coefficient (Wildman–Crippen LogP) is 0.957. The number of rotatable bonds is 3. The molecular weight excluding hydrogens is 168 g/mol. The summed E-state index contributed by atoms with van der Waals surface area (Å²) in [6.45, 7) is 1.41. The van der Waals surface area contributed by atoms with Gasteiger partial charge in [-0.15, -0.1) is 0 Å². The van der Waals surface area contributed by atoms with Gasteiger partial charge in [-0.1, -0.05) is 0 Å². The fraction of sp³-hybridized carbons (Fsp3) is 0.333. The van der Waals surface area contributed by atoms with E-state index in [1.165, 1.54) is 11.8 Å². The number of nitrogens with one attached hydrogen (secondary N) is 1. The number of carbonyl (C=O) groups excluding carboxylic acids is 2. The SMILES string of the molecule is CC(=O)CC(=O)N(C)c1cc[nH]c1. The molecule has 0 aromatic carbocycles. The van der Waals surface area contributed by atoms with Gasteiger partial charge in [-0.2, -0.15) is 0 Å². The van der Waals surface area contributed by atoms with Crippen molar-refractivity contribution in [3.05, 3.63) is 18.5 Å². The van der Waals surface area contributed by atoms with Crippen LogP contribution >= 0.6 is 0 Å². The molecule has 0 saturated heterocycles. The third-order valence-electron chi connectivity index (χ3n) is 1.74. The lowest BCUT2D eigenvalue weighted by molar-refractivity contribution is -0.125. The molecular formula is C9H12N2O2. The topological polar surface area (TPSA) is 53.2 Å². The monoisotopic (exact) mass is 180 g/mol. The summed E-state index contributed by atoms with van der Waals surface area (Å²) in [6, 6.07) is 1.78. The van der Waals surface area contributed by atoms with Crippen LogP contribution in [0, 0.1) is 0 Å². The van der Waals surface area contributed by atoms with Crippen LogP contribution < -0.4 is 4.90 Å². The van der Waals surface area contributed by atoms with E-state index in [4.69, 9.17) is 0 Å². The number of aromatic amines is 1. The fourth-order valence-corrected chi connectivity index (χ4v) is 0.999. The van der Waals surface area contributed by atoms with Crippen molar-refractivity contribution in [1.82, 2.24) is 4.98 Å². The minimum atomic E-state index is -0.188. The zero-order valence-corrected chi connectivity index (χ0v) is 7.70. The third-order valence-corrected chi connectivity index (χ3v) is 1.74. The van der Waals surface area contributed by atoms with Gasteiger partial charge in [0.1, 0.15) is 5.78 Å². The van der Waals surface area contributed by atoms with Gasteiger partial charge in [0, 0.05) is 19.4 Å². The van der Waals surface area contributed by atoms with Crippen molar-refractivity contribution in [2.24, 2.45) is 0 Å². The molecule has 0 spiro atoms. The van der Waals surface area contributed by atoms with Crippen LogP contribution in [0.4, 0.5) is 5.69 Å². The molecule has 1 heterocycles. The second kappa shape index (κ2) is 3.89. The number of aromatic nitrogens is 1. The molecule has 0 aliphatic rings. The summed E-state index contributed by atoms with van der Waals surface area (Å²) in [4.78, 5) is 26.3. The molecule has 0 unspecified atom stereocenters. The molecule has 0 bridgehead atoms. The van der Waals surface area contributed by atoms with Crippen LogP contribution in [-0.2, 0) is 9.59 Å². The molecule has 4 heteroatoms. The van der Waals surface area contributed by atoms with E-state index in [0.717, 1.165) is 5.69 Å². The number of Topliss-reactive ketones (excluding diaryl/α,β-unsaturated/α-hetero) is 1. The van der Waals surface area contributed by atoms with Crippen LogP contribution in [0.2, 0.25) is 0 Å². The number of ketones is 1. The van der Waals surface area contributed by atoms with Gasteiger partial charge in [-0.25, -0.2) is 0 Å². The van der Waals surface area contributed by atoms with E-state index < -0.39 is 0 Å². The van der Waals surface area contributed by atoms with E-state index in [9.17, 15) is 9.59 Å². The van der Waals surface area contributed by atoms with Gasteiger partial charge in [0.15, 0.2) is 0 Å². The number of carbonyl (C=O) groups is 2. The third kappa shape index (κ3) is 2.43. The Balaban J connectivity index is 2.63. The number of anilines is 1. The first-order valence-electron chi connectivity index (χ1n) is 4.00. The zero-order chi connectivity index (χ0) is 9.84. The van der Waals surface area contributed by atoms with Crippen LogP contribution in [0.15, 0.2) is 18.5 Å². The molecule has 1 amide bonds. The van der Waals surface area contributed by atoms with Crippen molar-refractivity contribution < 1.29 is 9.59 Å². The average Bonchev–Trinajstić information content (AvgIpc) is 2.53. The zero-order valence-electron chi connectivity index (χ0n) is 7.70. The number of hydrogen-bond acceptors (Lipinski definition) is 2. The number of H-pyrrole nitrogens is 1. The van der Waals surface area contributed by atoms with Crippen molar-refractivity contribution in [2.75, 3.05) is 11.9 Å². The molecule has 0 saturated carbocycles. The van der Waals surface area contributed by atoms with E-state index in [1.54, 1.807) is 25.5 Å². The van der Waals surface area contributed by atoms with Gasteiger partial charge in [0.05, 0.1) is 12.1 Å². The van der Waals surface area contributed by atoms with Gasteiger partial charge in [-0.3, -0.25) is 9.59 Å². The summed E-state index contributed by atoms with van der Waals surface area (Å²) >= 11 is 0. The molecule has 0 atom stereocenters. The van der Waals surface area contributed by atoms with E-state index in [0.29, 0.717) is 0 Å². The summed E-state index contributed by atoms with van der Waals surface area (Å²) in [7, 11) is 1.65. The molecule has 1 N–H and O–H groups in total. The molecule has 0 fully saturated rings. The van der Waals surface area contributed by atoms with E-state index in [-0.39, 0.29) is 18.1 Å². The second-order valence-electron chi connectivity index (χ2n) is 2.90. The first-order chi connectivity index (χ1) is 6.11. The lowest BCUT2D eigenvalue weighted by Gasteiger charge is -2.13. The molecule has 1 rings (SSSR count). The summed E-state index contributed by atoms with van der Waals surface area (Å²) < 4.78 is 0. The van der Waals surface area contributed by atoms with E-state index in [1.807, 2.05) is 0 Å². The van der Waals surface area contributed by atoms with Crippen molar-refractivity contribution in [3.63, 3.8) is 0 Å². The van der Waals surface area contributed by atoms with Crippen molar-refractivity contribution >= 4 is 17.4 Å². The Morgan fingerprint density at radius 1 is 1.54 bits per heavy atom. The predicted molar refractivity (Wildman–Crippen MR) is 49.5 cm³/mol. The highest BCUT2D eigenvalue weighted by Gasteiger charge is 2.12. The summed E-state index contributed by atoms with van der Waals surface area (Å²) in [6.07, 6.45) is 3.40. The fourth-order valence-electron chi connectivity index (χ4n) is 0.999. The average molecular weight is 180 g/mol. The molecule has 0 aliphatic heterocycles. The quantitative estimate of drug-likeness (QED) is 0.704. The normalized spacial score (nSPS) is 9.69. The van der Waals surface area contributed by atoms with Gasteiger partial charge < -0.3 is 9.88 Å². The first kappa shape index (κ1) is 9.51. The Bertz CT molecular complexity index is 303. The Hall–Kier alpha value is -1.58. The maximum Gasteiger partial charge on any atom is 0.234 e. The maximum atomic E-state index is 11.3. The highest BCUT2D eigenvalue weighted by molar-refractivity contribution is 6.04. The first-order valence-corrected chi connectivity index (χ1v) is 4.00. The number of hydrogen-bond donors (Lipinski definition) is 1. The lowest BCUT2D eigenvalue weighted by Crippen LogP contribution is -2.27. The summed E-state index contributed by atoms with van der Waals surface area (Å²) in [5.74, 6) is -0.306. The molecule has 1 aromatic rings. The largest absolute Gasteiger partial charge is 0.366 e. The Kier molecular flexibility index (Phi) is 2.84. The standard InChI is InChI=1S/C9H12N2O2/c1-7(12)5-9(13)11(2)8-3-4-10-6-8/h3-4,6,10H,5H2,1-2H3. The molecule has 0 aliphatic carbocycles. The summed E-state index contributed by atoms with van der Waals surface area (Å²) in [5.41, 5.74) is 0.770. The maximum absolute atomic E-state index is 11.3. The minimum Gasteiger partial charge on any atom is -0.366 e. The van der Waals surface area contributed by atoms with Crippen molar-refractivity contribution in [2.45, 2.75) is 13.3 Å². The van der Waals surface area contributed by atoms with E-state index >= 15 is 0 Å². The Morgan fingerprint density at radius 3 is 2.69 bits per heavy atom. The summed E-state index contributed by atoms with van der Waals surface area (Å²) in [5, 5.41) is 0. The smallest absolute Gasteiger partial charge is 0.234 e.